The first-order valence-electron chi connectivity index (χ1n) is 5.42. The molecule has 0 aliphatic rings. The minimum atomic E-state index is -0.956. The van der Waals surface area contributed by atoms with Gasteiger partial charge in [-0.05, 0) is 11.6 Å². The molecular formula is C12H16N2O3. The highest BCUT2D eigenvalue weighted by atomic mass is 16.4. The largest absolute Gasteiger partial charge is 0.481 e. The molecule has 0 spiro atoms. The van der Waals surface area contributed by atoms with Crippen LogP contribution in [0.1, 0.15) is 31.9 Å². The summed E-state index contributed by atoms with van der Waals surface area (Å²) in [6, 6.07) is 2.93. The number of carboxylic acids is 1. The van der Waals surface area contributed by atoms with Crippen molar-refractivity contribution in [2.24, 2.45) is 5.92 Å². The lowest BCUT2D eigenvalue weighted by atomic mass is 10.0. The van der Waals surface area contributed by atoms with Gasteiger partial charge in [0.25, 0.3) is 0 Å². The fourth-order valence-corrected chi connectivity index (χ4v) is 1.35. The number of amides is 1. The number of hydrogen-bond acceptors (Lipinski definition) is 3. The molecule has 2 N–H and O–H groups in total. The van der Waals surface area contributed by atoms with Crippen LogP contribution >= 0.6 is 0 Å². The number of carbonyl (C=O) groups excluding carboxylic acids is 1. The van der Waals surface area contributed by atoms with E-state index < -0.39 is 12.0 Å². The maximum Gasteiger partial charge on any atom is 0.305 e. The van der Waals surface area contributed by atoms with Gasteiger partial charge >= 0.3 is 5.97 Å². The van der Waals surface area contributed by atoms with E-state index in [1.165, 1.54) is 0 Å². The maximum atomic E-state index is 11.6. The maximum absolute atomic E-state index is 11.6. The van der Waals surface area contributed by atoms with Gasteiger partial charge in [-0.1, -0.05) is 19.9 Å². The predicted molar refractivity (Wildman–Crippen MR) is 62.2 cm³/mol. The second-order valence-electron chi connectivity index (χ2n) is 4.10. The minimum Gasteiger partial charge on any atom is -0.481 e. The summed E-state index contributed by atoms with van der Waals surface area (Å²) in [6.45, 7) is 3.52. The third-order valence-electron chi connectivity index (χ3n) is 2.31. The molecule has 0 aliphatic carbocycles. The highest BCUT2D eigenvalue weighted by molar-refractivity contribution is 5.79. The number of nitrogens with one attached hydrogen (secondary N) is 1. The van der Waals surface area contributed by atoms with Crippen molar-refractivity contribution >= 4 is 11.9 Å². The van der Waals surface area contributed by atoms with Crippen LogP contribution in [0.2, 0.25) is 0 Å². The molecule has 0 aliphatic heterocycles. The molecule has 1 aromatic rings. The van der Waals surface area contributed by atoms with Crippen molar-refractivity contribution in [1.82, 2.24) is 10.3 Å². The number of pyridine rings is 1. The predicted octanol–water partition coefficient (Wildman–Crippen LogP) is 1.37. The van der Waals surface area contributed by atoms with Crippen molar-refractivity contribution < 1.29 is 14.7 Å². The van der Waals surface area contributed by atoms with Crippen LogP contribution in [0.25, 0.3) is 0 Å². The summed E-state index contributed by atoms with van der Waals surface area (Å²) in [5.41, 5.74) is 0.698. The Kier molecular flexibility index (Phi) is 4.63. The number of carboxylic acid groups (broad SMARTS) is 1. The molecule has 0 aromatic carbocycles. The second kappa shape index (κ2) is 5.98. The van der Waals surface area contributed by atoms with E-state index in [1.807, 2.05) is 0 Å². The Morgan fingerprint density at radius 1 is 1.47 bits per heavy atom. The molecule has 1 unspecified atom stereocenters. The Balaban J connectivity index is 2.81. The van der Waals surface area contributed by atoms with E-state index in [1.54, 1.807) is 38.4 Å². The summed E-state index contributed by atoms with van der Waals surface area (Å²) < 4.78 is 0. The molecule has 5 heteroatoms. The minimum absolute atomic E-state index is 0.149. The number of carbonyl (C=O) groups is 2. The van der Waals surface area contributed by atoms with Crippen LogP contribution in [0.4, 0.5) is 0 Å². The first kappa shape index (κ1) is 13.2. The Bertz CT molecular complexity index is 390. The van der Waals surface area contributed by atoms with Gasteiger partial charge in [0, 0.05) is 18.3 Å². The molecule has 17 heavy (non-hydrogen) atoms. The molecule has 1 heterocycles. The molecule has 5 nitrogen and oxygen atoms in total. The number of rotatable bonds is 5. The summed E-state index contributed by atoms with van der Waals surface area (Å²) in [7, 11) is 0. The van der Waals surface area contributed by atoms with Crippen LogP contribution in [0.15, 0.2) is 24.5 Å². The Morgan fingerprint density at radius 3 is 2.65 bits per heavy atom. The molecule has 1 atom stereocenters. The van der Waals surface area contributed by atoms with Gasteiger partial charge in [-0.2, -0.15) is 0 Å². The van der Waals surface area contributed by atoms with E-state index in [-0.39, 0.29) is 18.2 Å². The third kappa shape index (κ3) is 4.22. The van der Waals surface area contributed by atoms with Crippen molar-refractivity contribution in [2.45, 2.75) is 26.3 Å². The van der Waals surface area contributed by atoms with Crippen LogP contribution < -0.4 is 5.32 Å². The lowest BCUT2D eigenvalue weighted by Crippen LogP contribution is -2.33. The van der Waals surface area contributed by atoms with E-state index >= 15 is 0 Å². The van der Waals surface area contributed by atoms with E-state index in [0.29, 0.717) is 5.56 Å². The summed E-state index contributed by atoms with van der Waals surface area (Å²) in [4.78, 5) is 26.3. The zero-order valence-corrected chi connectivity index (χ0v) is 9.88. The van der Waals surface area contributed by atoms with Gasteiger partial charge in [0.1, 0.15) is 0 Å². The molecule has 1 amide bonds. The van der Waals surface area contributed by atoms with Crippen molar-refractivity contribution in [2.75, 3.05) is 0 Å². The van der Waals surface area contributed by atoms with Crippen LogP contribution in [-0.4, -0.2) is 22.0 Å². The standard InChI is InChI=1S/C12H16N2O3/c1-8(2)12(17)14-10(6-11(15)16)9-4-3-5-13-7-9/h3-5,7-8,10H,6H2,1-2H3,(H,14,17)(H,15,16). The van der Waals surface area contributed by atoms with Gasteiger partial charge in [-0.25, -0.2) is 0 Å². The Morgan fingerprint density at radius 2 is 2.18 bits per heavy atom. The van der Waals surface area contributed by atoms with Crippen LogP contribution in [0, 0.1) is 5.92 Å². The number of nitrogens with zero attached hydrogens (tertiary/aromatic N) is 1. The van der Waals surface area contributed by atoms with Gasteiger partial charge in [-0.15, -0.1) is 0 Å². The fraction of sp³-hybridized carbons (Fsp3) is 0.417. The number of aliphatic carboxylic acids is 1. The fourth-order valence-electron chi connectivity index (χ4n) is 1.35. The summed E-state index contributed by atoms with van der Waals surface area (Å²) in [6.07, 6.45) is 3.02. The molecule has 1 aromatic heterocycles. The third-order valence-corrected chi connectivity index (χ3v) is 2.31. The van der Waals surface area contributed by atoms with Crippen LogP contribution in [-0.2, 0) is 9.59 Å². The quantitative estimate of drug-likeness (QED) is 0.809. The van der Waals surface area contributed by atoms with Crippen molar-refractivity contribution in [3.63, 3.8) is 0 Å². The first-order valence-corrected chi connectivity index (χ1v) is 5.42. The van der Waals surface area contributed by atoms with Gasteiger partial charge in [0.2, 0.25) is 5.91 Å². The smallest absolute Gasteiger partial charge is 0.305 e. The topological polar surface area (TPSA) is 79.3 Å². The Hall–Kier alpha value is -1.91. The number of hydrogen-bond donors (Lipinski definition) is 2. The normalized spacial score (nSPS) is 12.2. The lowest BCUT2D eigenvalue weighted by molar-refractivity contribution is -0.137. The zero-order chi connectivity index (χ0) is 12.8. The van der Waals surface area contributed by atoms with Gasteiger partial charge < -0.3 is 10.4 Å². The van der Waals surface area contributed by atoms with E-state index in [2.05, 4.69) is 10.3 Å². The Labute approximate surface area is 99.9 Å². The van der Waals surface area contributed by atoms with Gasteiger partial charge in [0.05, 0.1) is 12.5 Å². The van der Waals surface area contributed by atoms with Gasteiger partial charge in [-0.3, -0.25) is 14.6 Å². The molecule has 0 saturated carbocycles. The van der Waals surface area contributed by atoms with E-state index in [0.717, 1.165) is 0 Å². The van der Waals surface area contributed by atoms with Crippen LogP contribution in [0.3, 0.4) is 0 Å². The van der Waals surface area contributed by atoms with Crippen molar-refractivity contribution in [3.8, 4) is 0 Å². The molecule has 0 fully saturated rings. The highest BCUT2D eigenvalue weighted by Crippen LogP contribution is 2.16. The molecule has 0 bridgehead atoms. The summed E-state index contributed by atoms with van der Waals surface area (Å²) >= 11 is 0. The first-order chi connectivity index (χ1) is 8.00. The molecule has 0 saturated heterocycles. The summed E-state index contributed by atoms with van der Waals surface area (Å²) in [5, 5.41) is 11.5. The van der Waals surface area contributed by atoms with E-state index in [9.17, 15) is 9.59 Å². The van der Waals surface area contributed by atoms with Crippen molar-refractivity contribution in [1.29, 1.82) is 0 Å². The molecule has 0 radical (unpaired) electrons. The lowest BCUT2D eigenvalue weighted by Gasteiger charge is -2.18. The highest BCUT2D eigenvalue weighted by Gasteiger charge is 2.19. The monoisotopic (exact) mass is 236 g/mol. The second-order valence-corrected chi connectivity index (χ2v) is 4.10. The average molecular weight is 236 g/mol. The van der Waals surface area contributed by atoms with Gasteiger partial charge in [0.15, 0.2) is 0 Å². The molecular weight excluding hydrogens is 220 g/mol. The molecule has 1 rings (SSSR count). The molecule has 92 valence electrons. The average Bonchev–Trinajstić information content (AvgIpc) is 2.28. The van der Waals surface area contributed by atoms with E-state index in [4.69, 9.17) is 5.11 Å². The summed E-state index contributed by atoms with van der Waals surface area (Å²) in [5.74, 6) is -1.30. The SMILES string of the molecule is CC(C)C(=O)NC(CC(=O)O)c1cccnc1. The van der Waals surface area contributed by atoms with Crippen molar-refractivity contribution in [3.05, 3.63) is 30.1 Å². The number of aromatic nitrogens is 1. The zero-order valence-electron chi connectivity index (χ0n) is 9.88. The van der Waals surface area contributed by atoms with Crippen LogP contribution in [0.5, 0.6) is 0 Å².